The zero-order chi connectivity index (χ0) is 38.9. The van der Waals surface area contributed by atoms with Crippen LogP contribution >= 0.6 is 0 Å². The summed E-state index contributed by atoms with van der Waals surface area (Å²) in [5.41, 5.74) is 21.9. The van der Waals surface area contributed by atoms with Crippen molar-refractivity contribution in [1.29, 1.82) is 0 Å². The Morgan fingerprint density at radius 3 is 0.907 bits per heavy atom. The molecule has 6 N–H and O–H groups in total. The molecule has 0 saturated heterocycles. The number of rotatable bonds is 15. The number of aryl methyl sites for hydroxylation is 3. The zero-order valence-corrected chi connectivity index (χ0v) is 33.6. The minimum Gasteiger partial charge on any atom is -0.399 e. The molecule has 6 rings (SSSR count). The van der Waals surface area contributed by atoms with E-state index in [-0.39, 0.29) is 0 Å². The van der Waals surface area contributed by atoms with Crippen LogP contribution < -0.4 is 17.2 Å². The van der Waals surface area contributed by atoms with Gasteiger partial charge in [0, 0.05) is 70.0 Å². The van der Waals surface area contributed by atoms with Crippen molar-refractivity contribution < 1.29 is 12.6 Å². The van der Waals surface area contributed by atoms with Crippen LogP contribution in [-0.4, -0.2) is 41.3 Å². The van der Waals surface area contributed by atoms with Gasteiger partial charge in [-0.25, -0.2) is 15.0 Å². The molecule has 0 fully saturated rings. The Bertz CT molecular complexity index is 1840. The van der Waals surface area contributed by atoms with E-state index in [9.17, 15) is 12.6 Å². The standard InChI is InChI=1S/3C13H17N3OS/c3*1-2-7-16-10-15-8-12(16)9-18(17)13-5-3-11(14)4-6-13/h3*3-6,8,10H,2,7,9,14H2,1H3/t2*18-;/m10./s1. The first-order chi connectivity index (χ1) is 26.1. The van der Waals surface area contributed by atoms with E-state index < -0.39 is 32.4 Å². The third-order valence-electron chi connectivity index (χ3n) is 8.06. The van der Waals surface area contributed by atoms with Crippen molar-refractivity contribution in [1.82, 2.24) is 28.7 Å². The number of imidazole rings is 3. The minimum absolute atomic E-state index is 0.490. The largest absolute Gasteiger partial charge is 0.399 e. The van der Waals surface area contributed by atoms with Crippen LogP contribution in [0, 0.1) is 0 Å². The molecule has 0 spiro atoms. The molecular formula is C39H51N9O3S3. The molecule has 15 heteroatoms. The number of nitrogen functional groups attached to an aromatic ring is 3. The first-order valence-electron chi connectivity index (χ1n) is 17.8. The molecule has 54 heavy (non-hydrogen) atoms. The second-order valence-corrected chi connectivity index (χ2v) is 16.8. The van der Waals surface area contributed by atoms with Crippen LogP contribution in [0.5, 0.6) is 0 Å². The third kappa shape index (κ3) is 12.9. The summed E-state index contributed by atoms with van der Waals surface area (Å²) in [5, 5.41) is 0. The average molecular weight is 790 g/mol. The molecule has 0 amide bonds. The molecule has 3 atom stereocenters. The highest BCUT2D eigenvalue weighted by Gasteiger charge is 2.11. The summed E-state index contributed by atoms with van der Waals surface area (Å²) in [4.78, 5) is 14.7. The lowest BCUT2D eigenvalue weighted by Gasteiger charge is -2.06. The molecule has 3 aromatic carbocycles. The van der Waals surface area contributed by atoms with Gasteiger partial charge in [-0.15, -0.1) is 0 Å². The Kier molecular flexibility index (Phi) is 16.9. The van der Waals surface area contributed by atoms with E-state index in [0.717, 1.165) is 70.7 Å². The zero-order valence-electron chi connectivity index (χ0n) is 31.1. The fourth-order valence-corrected chi connectivity index (χ4v) is 8.59. The van der Waals surface area contributed by atoms with Crippen LogP contribution in [0.2, 0.25) is 0 Å². The van der Waals surface area contributed by atoms with Gasteiger partial charge in [-0.1, -0.05) is 20.8 Å². The Balaban J connectivity index is 0.000000180. The number of aromatic nitrogens is 6. The van der Waals surface area contributed by atoms with Crippen molar-refractivity contribution in [2.45, 2.75) is 91.6 Å². The molecule has 3 heterocycles. The first kappa shape index (κ1) is 41.9. The number of hydrogen-bond donors (Lipinski definition) is 3. The molecule has 1 unspecified atom stereocenters. The van der Waals surface area contributed by atoms with Crippen LogP contribution in [0.4, 0.5) is 17.1 Å². The van der Waals surface area contributed by atoms with Gasteiger partial charge in [-0.3, -0.25) is 12.6 Å². The maximum absolute atomic E-state index is 12.2. The third-order valence-corrected chi connectivity index (χ3v) is 12.1. The van der Waals surface area contributed by atoms with Crippen molar-refractivity contribution in [3.8, 4) is 0 Å². The van der Waals surface area contributed by atoms with Gasteiger partial charge in [-0.2, -0.15) is 0 Å². The second-order valence-electron chi connectivity index (χ2n) is 12.4. The molecule has 0 aliphatic heterocycles. The maximum Gasteiger partial charge on any atom is 0.0948 e. The number of anilines is 3. The molecule has 0 radical (unpaired) electrons. The summed E-state index contributed by atoms with van der Waals surface area (Å²) >= 11 is 0. The summed E-state index contributed by atoms with van der Waals surface area (Å²) in [6.07, 6.45) is 13.8. The first-order valence-corrected chi connectivity index (χ1v) is 21.8. The van der Waals surface area contributed by atoms with Crippen LogP contribution in [0.1, 0.15) is 57.1 Å². The normalized spacial score (nSPS) is 12.5. The van der Waals surface area contributed by atoms with Gasteiger partial charge in [0.25, 0.3) is 0 Å². The second kappa shape index (κ2) is 21.7. The van der Waals surface area contributed by atoms with Gasteiger partial charge in [0.1, 0.15) is 0 Å². The monoisotopic (exact) mass is 789 g/mol. The molecule has 0 aliphatic carbocycles. The van der Waals surface area contributed by atoms with Gasteiger partial charge in [0.2, 0.25) is 0 Å². The Labute approximate surface area is 325 Å². The lowest BCUT2D eigenvalue weighted by molar-refractivity contribution is 0.651. The van der Waals surface area contributed by atoms with Crippen molar-refractivity contribution in [3.05, 3.63) is 127 Å². The lowest BCUT2D eigenvalue weighted by Crippen LogP contribution is -2.05. The quantitative estimate of drug-likeness (QED) is 0.0972. The summed E-state index contributed by atoms with van der Waals surface area (Å²) in [5.74, 6) is 1.47. The highest BCUT2D eigenvalue weighted by molar-refractivity contribution is 7.84. The van der Waals surface area contributed by atoms with Crippen molar-refractivity contribution in [2.75, 3.05) is 17.2 Å². The van der Waals surface area contributed by atoms with Crippen LogP contribution in [-0.2, 0) is 69.3 Å². The van der Waals surface area contributed by atoms with Crippen LogP contribution in [0.25, 0.3) is 0 Å². The SMILES string of the molecule is CCCn1cncc1CS(=O)c1ccc(N)cc1.CCCn1cncc1C[S@@](=O)c1ccc(N)cc1.CCCn1cncc1C[S@](=O)c1ccc(N)cc1. The van der Waals surface area contributed by atoms with Crippen LogP contribution in [0.15, 0.2) is 125 Å². The number of hydrogen-bond acceptors (Lipinski definition) is 9. The fourth-order valence-electron chi connectivity index (χ4n) is 5.24. The van der Waals surface area contributed by atoms with Crippen molar-refractivity contribution in [2.24, 2.45) is 0 Å². The van der Waals surface area contributed by atoms with E-state index >= 15 is 0 Å². The van der Waals surface area contributed by atoms with Crippen molar-refractivity contribution in [3.63, 3.8) is 0 Å². The maximum atomic E-state index is 12.2. The van der Waals surface area contributed by atoms with Crippen LogP contribution in [0.3, 0.4) is 0 Å². The molecule has 0 aliphatic rings. The van der Waals surface area contributed by atoms with E-state index in [1.165, 1.54) is 0 Å². The Morgan fingerprint density at radius 1 is 0.444 bits per heavy atom. The van der Waals surface area contributed by atoms with Gasteiger partial charge in [0.15, 0.2) is 0 Å². The highest BCUT2D eigenvalue weighted by atomic mass is 32.2. The van der Waals surface area contributed by atoms with E-state index in [1.807, 2.05) is 36.4 Å². The van der Waals surface area contributed by atoms with Gasteiger partial charge >= 0.3 is 0 Å². The summed E-state index contributed by atoms with van der Waals surface area (Å²) in [6, 6.07) is 21.5. The molecule has 0 saturated carbocycles. The topological polar surface area (TPSA) is 183 Å². The predicted octanol–water partition coefficient (Wildman–Crippen LogP) is 6.55. The molecule has 288 valence electrons. The number of nitrogens with two attached hydrogens (primary N) is 3. The Morgan fingerprint density at radius 2 is 0.685 bits per heavy atom. The molecule has 12 nitrogen and oxygen atoms in total. The molecule has 6 aromatic rings. The molecule has 0 bridgehead atoms. The fraction of sp³-hybridized carbons (Fsp3) is 0.308. The smallest absolute Gasteiger partial charge is 0.0948 e. The highest BCUT2D eigenvalue weighted by Crippen LogP contribution is 2.17. The number of benzene rings is 3. The van der Waals surface area contributed by atoms with Crippen molar-refractivity contribution >= 4 is 49.5 Å². The van der Waals surface area contributed by atoms with Gasteiger partial charge in [-0.05, 0) is 92.1 Å². The van der Waals surface area contributed by atoms with E-state index in [1.54, 1.807) is 74.0 Å². The lowest BCUT2D eigenvalue weighted by atomic mass is 10.3. The minimum atomic E-state index is -1.05. The van der Waals surface area contributed by atoms with E-state index in [4.69, 9.17) is 17.2 Å². The average Bonchev–Trinajstić information content (AvgIpc) is 3.92. The summed E-state index contributed by atoms with van der Waals surface area (Å²) < 4.78 is 42.8. The number of nitrogens with zero attached hydrogens (tertiary/aromatic N) is 6. The Hall–Kier alpha value is -4.86. The van der Waals surface area contributed by atoms with E-state index in [0.29, 0.717) is 34.3 Å². The van der Waals surface area contributed by atoms with Gasteiger partial charge < -0.3 is 30.9 Å². The van der Waals surface area contributed by atoms with E-state index in [2.05, 4.69) is 49.4 Å². The summed E-state index contributed by atoms with van der Waals surface area (Å²) in [6.45, 7) is 9.07. The van der Waals surface area contributed by atoms with Gasteiger partial charge in [0.05, 0.1) is 85.7 Å². The molecule has 3 aromatic heterocycles. The predicted molar refractivity (Wildman–Crippen MR) is 220 cm³/mol. The summed E-state index contributed by atoms with van der Waals surface area (Å²) in [7, 11) is -3.15. The molecular weight excluding hydrogens is 739 g/mol.